The maximum Gasteiger partial charge on any atom is 0.259 e. The zero-order chi connectivity index (χ0) is 19.3. The minimum absolute atomic E-state index is 0.116. The fraction of sp³-hybridized carbons (Fsp3) is 0.278. The molecule has 2 N–H and O–H groups in total. The van der Waals surface area contributed by atoms with E-state index in [0.717, 1.165) is 0 Å². The van der Waals surface area contributed by atoms with E-state index < -0.39 is 5.82 Å². The topological polar surface area (TPSA) is 74.0 Å². The molecule has 2 rings (SSSR count). The zero-order valence-electron chi connectivity index (χ0n) is 14.7. The third kappa shape index (κ3) is 4.70. The summed E-state index contributed by atoms with van der Waals surface area (Å²) in [5.41, 5.74) is 6.33. The molecule has 0 saturated heterocycles. The van der Waals surface area contributed by atoms with Crippen molar-refractivity contribution in [3.05, 3.63) is 46.7 Å². The first-order valence-corrected chi connectivity index (χ1v) is 8.07. The van der Waals surface area contributed by atoms with Crippen LogP contribution in [0, 0.1) is 5.82 Å². The van der Waals surface area contributed by atoms with Crippen LogP contribution in [0.25, 0.3) is 0 Å². The Bertz CT molecular complexity index is 799. The van der Waals surface area contributed by atoms with E-state index in [-0.39, 0.29) is 46.9 Å². The summed E-state index contributed by atoms with van der Waals surface area (Å²) >= 11 is 6.02. The van der Waals surface area contributed by atoms with E-state index in [4.69, 9.17) is 31.5 Å². The normalized spacial score (nSPS) is 10.3. The lowest BCUT2D eigenvalue weighted by molar-refractivity contribution is -0.130. The highest BCUT2D eigenvalue weighted by atomic mass is 35.5. The summed E-state index contributed by atoms with van der Waals surface area (Å²) in [6, 6.07) is 7.40. The van der Waals surface area contributed by atoms with Crippen LogP contribution in [0.2, 0.25) is 5.02 Å². The number of likely N-dealkylation sites (N-methyl/N-ethyl adjacent to an activating group) is 1. The maximum absolute atomic E-state index is 14.0. The highest BCUT2D eigenvalue weighted by Crippen LogP contribution is 2.36. The largest absolute Gasteiger partial charge is 0.496 e. The second kappa shape index (κ2) is 8.62. The number of ether oxygens (including phenoxy) is 3. The van der Waals surface area contributed by atoms with Crippen LogP contribution < -0.4 is 19.9 Å². The van der Waals surface area contributed by atoms with Crippen molar-refractivity contribution < 1.29 is 23.4 Å². The number of nitrogens with zero attached hydrogens (tertiary/aromatic N) is 1. The molecule has 0 aliphatic carbocycles. The standard InChI is InChI=1S/C18H20ClFN2O4/c1-22(2)18(23)10-26-16-7-12(19)14(21)8-17(16)25-9-11-13(20)5-4-6-15(11)24-3/h4-8H,9-10,21H2,1-3H3. The first-order chi connectivity index (χ1) is 12.3. The van der Waals surface area contributed by atoms with Gasteiger partial charge in [0.1, 0.15) is 18.2 Å². The fourth-order valence-electron chi connectivity index (χ4n) is 2.07. The first-order valence-electron chi connectivity index (χ1n) is 7.69. The van der Waals surface area contributed by atoms with Crippen LogP contribution in [0.1, 0.15) is 5.56 Å². The molecule has 140 valence electrons. The molecule has 6 nitrogen and oxygen atoms in total. The van der Waals surface area contributed by atoms with Gasteiger partial charge in [0.2, 0.25) is 0 Å². The van der Waals surface area contributed by atoms with Crippen LogP contribution in [-0.2, 0) is 11.4 Å². The lowest BCUT2D eigenvalue weighted by Crippen LogP contribution is -2.27. The highest BCUT2D eigenvalue weighted by Gasteiger charge is 2.15. The van der Waals surface area contributed by atoms with Crippen molar-refractivity contribution in [1.82, 2.24) is 4.90 Å². The minimum Gasteiger partial charge on any atom is -0.496 e. The summed E-state index contributed by atoms with van der Waals surface area (Å²) in [6.07, 6.45) is 0. The van der Waals surface area contributed by atoms with Crippen LogP contribution >= 0.6 is 11.6 Å². The minimum atomic E-state index is -0.462. The number of amides is 1. The summed E-state index contributed by atoms with van der Waals surface area (Å²) in [4.78, 5) is 13.1. The van der Waals surface area contributed by atoms with Crippen LogP contribution in [0.4, 0.5) is 10.1 Å². The van der Waals surface area contributed by atoms with Crippen LogP contribution in [0.3, 0.4) is 0 Å². The summed E-state index contributed by atoms with van der Waals surface area (Å²) in [5, 5.41) is 0.258. The molecule has 0 spiro atoms. The number of nitrogen functional groups attached to an aromatic ring is 1. The van der Waals surface area contributed by atoms with Gasteiger partial charge in [-0.05, 0) is 12.1 Å². The van der Waals surface area contributed by atoms with Crippen molar-refractivity contribution in [2.24, 2.45) is 0 Å². The van der Waals surface area contributed by atoms with Gasteiger partial charge in [-0.3, -0.25) is 4.79 Å². The quantitative estimate of drug-likeness (QED) is 0.745. The number of nitrogens with two attached hydrogens (primary N) is 1. The number of methoxy groups -OCH3 is 1. The van der Waals surface area contributed by atoms with Gasteiger partial charge in [-0.2, -0.15) is 0 Å². The van der Waals surface area contributed by atoms with E-state index in [1.54, 1.807) is 26.2 Å². The molecule has 0 bridgehead atoms. The summed E-state index contributed by atoms with van der Waals surface area (Å²) < 4.78 is 30.3. The van der Waals surface area contributed by atoms with Gasteiger partial charge in [-0.1, -0.05) is 17.7 Å². The number of halogens is 2. The Labute approximate surface area is 156 Å². The molecule has 1 amide bonds. The Kier molecular flexibility index (Phi) is 6.52. The Morgan fingerprint density at radius 3 is 2.54 bits per heavy atom. The van der Waals surface area contributed by atoms with Gasteiger partial charge in [-0.15, -0.1) is 0 Å². The van der Waals surface area contributed by atoms with E-state index in [1.165, 1.54) is 30.2 Å². The molecule has 0 unspecified atom stereocenters. The van der Waals surface area contributed by atoms with Crippen LogP contribution in [-0.4, -0.2) is 38.6 Å². The average molecular weight is 383 g/mol. The molecule has 0 heterocycles. The molecule has 0 fully saturated rings. The number of hydrogen-bond acceptors (Lipinski definition) is 5. The average Bonchev–Trinajstić information content (AvgIpc) is 2.61. The molecule has 0 aliphatic rings. The lowest BCUT2D eigenvalue weighted by Gasteiger charge is -2.16. The van der Waals surface area contributed by atoms with E-state index in [2.05, 4.69) is 0 Å². The van der Waals surface area contributed by atoms with Gasteiger partial charge in [-0.25, -0.2) is 4.39 Å². The molecule has 0 aromatic heterocycles. The van der Waals surface area contributed by atoms with Gasteiger partial charge in [0.15, 0.2) is 18.1 Å². The molecule has 26 heavy (non-hydrogen) atoms. The van der Waals surface area contributed by atoms with Crippen molar-refractivity contribution >= 4 is 23.2 Å². The number of anilines is 1. The summed E-state index contributed by atoms with van der Waals surface area (Å²) in [5.74, 6) is 0.131. The van der Waals surface area contributed by atoms with E-state index in [0.29, 0.717) is 5.75 Å². The van der Waals surface area contributed by atoms with Gasteiger partial charge >= 0.3 is 0 Å². The first kappa shape index (κ1) is 19.7. The third-order valence-corrected chi connectivity index (χ3v) is 3.91. The van der Waals surface area contributed by atoms with Gasteiger partial charge < -0.3 is 24.8 Å². The molecule has 0 radical (unpaired) electrons. The predicted molar refractivity (Wildman–Crippen MR) is 97.3 cm³/mol. The molecular weight excluding hydrogens is 363 g/mol. The molecule has 0 atom stereocenters. The van der Waals surface area contributed by atoms with Crippen molar-refractivity contribution in [2.45, 2.75) is 6.61 Å². The molecule has 0 aliphatic heterocycles. The monoisotopic (exact) mass is 382 g/mol. The molecular formula is C18H20ClFN2O4. The second-order valence-corrected chi connectivity index (χ2v) is 6.01. The fourth-order valence-corrected chi connectivity index (χ4v) is 2.22. The summed E-state index contributed by atoms with van der Waals surface area (Å²) in [7, 11) is 4.67. The number of benzene rings is 2. The number of carbonyl (C=O) groups excluding carboxylic acids is 1. The number of rotatable bonds is 7. The van der Waals surface area contributed by atoms with Gasteiger partial charge in [0, 0.05) is 26.2 Å². The van der Waals surface area contributed by atoms with E-state index >= 15 is 0 Å². The SMILES string of the molecule is COc1cccc(F)c1COc1cc(N)c(Cl)cc1OCC(=O)N(C)C. The highest BCUT2D eigenvalue weighted by molar-refractivity contribution is 6.33. The lowest BCUT2D eigenvalue weighted by atomic mass is 10.2. The van der Waals surface area contributed by atoms with Crippen LogP contribution in [0.15, 0.2) is 30.3 Å². The van der Waals surface area contributed by atoms with Crippen molar-refractivity contribution in [1.29, 1.82) is 0 Å². The second-order valence-electron chi connectivity index (χ2n) is 5.61. The van der Waals surface area contributed by atoms with Crippen molar-refractivity contribution in [3.63, 3.8) is 0 Å². The molecule has 0 saturated carbocycles. The Balaban J connectivity index is 2.23. The number of carbonyl (C=O) groups is 1. The number of hydrogen-bond donors (Lipinski definition) is 1. The molecule has 8 heteroatoms. The summed E-state index contributed by atoms with van der Waals surface area (Å²) in [6.45, 7) is -0.318. The van der Waals surface area contributed by atoms with E-state index in [1.807, 2.05) is 0 Å². The smallest absolute Gasteiger partial charge is 0.259 e. The Morgan fingerprint density at radius 1 is 1.19 bits per heavy atom. The van der Waals surface area contributed by atoms with Gasteiger partial charge in [0.05, 0.1) is 23.4 Å². The Morgan fingerprint density at radius 2 is 1.88 bits per heavy atom. The maximum atomic E-state index is 14.0. The third-order valence-electron chi connectivity index (χ3n) is 3.58. The van der Waals surface area contributed by atoms with E-state index in [9.17, 15) is 9.18 Å². The zero-order valence-corrected chi connectivity index (χ0v) is 15.5. The molecule has 2 aromatic carbocycles. The van der Waals surface area contributed by atoms with Crippen molar-refractivity contribution in [2.75, 3.05) is 33.5 Å². The van der Waals surface area contributed by atoms with Crippen LogP contribution in [0.5, 0.6) is 17.2 Å². The van der Waals surface area contributed by atoms with Crippen molar-refractivity contribution in [3.8, 4) is 17.2 Å². The Hall–Kier alpha value is -2.67. The molecule has 2 aromatic rings. The van der Waals surface area contributed by atoms with Gasteiger partial charge in [0.25, 0.3) is 5.91 Å². The predicted octanol–water partition coefficient (Wildman–Crippen LogP) is 3.12.